The van der Waals surface area contributed by atoms with Crippen molar-refractivity contribution in [2.45, 2.75) is 26.7 Å². The van der Waals surface area contributed by atoms with E-state index in [0.717, 1.165) is 34.4 Å². The first-order chi connectivity index (χ1) is 20.0. The molecular weight excluding hydrogens is 536 g/mol. The summed E-state index contributed by atoms with van der Waals surface area (Å²) in [5.41, 5.74) is 10.8. The van der Waals surface area contributed by atoms with Crippen LogP contribution in [-0.2, 0) is 13.5 Å². The van der Waals surface area contributed by atoms with Crippen LogP contribution < -0.4 is 20.7 Å². The van der Waals surface area contributed by atoms with E-state index in [-0.39, 0.29) is 11.4 Å². The molecule has 13 heteroatoms. The van der Waals surface area contributed by atoms with Crippen LogP contribution in [0.1, 0.15) is 25.8 Å². The first kappa shape index (κ1) is 31.1. The van der Waals surface area contributed by atoms with Gasteiger partial charge in [0.1, 0.15) is 18.4 Å². The van der Waals surface area contributed by atoms with Gasteiger partial charge < -0.3 is 21.3 Å². The number of anilines is 1. The molecule has 2 aromatic heterocycles. The Hall–Kier alpha value is -5.46. The van der Waals surface area contributed by atoms with E-state index >= 15 is 0 Å². The van der Waals surface area contributed by atoms with Gasteiger partial charge in [-0.3, -0.25) is 10.1 Å². The van der Waals surface area contributed by atoms with Gasteiger partial charge in [-0.2, -0.15) is 4.73 Å². The van der Waals surface area contributed by atoms with Crippen LogP contribution in [0.5, 0.6) is 0 Å². The smallest absolute Gasteiger partial charge is 0.298 e. The van der Waals surface area contributed by atoms with E-state index in [4.69, 9.17) is 11.1 Å². The summed E-state index contributed by atoms with van der Waals surface area (Å²) in [5.74, 6) is 0. The molecule has 218 valence electrons. The van der Waals surface area contributed by atoms with E-state index < -0.39 is 4.92 Å². The number of nitro benzene ring substituents is 1. The Morgan fingerprint density at radius 1 is 1.14 bits per heavy atom. The van der Waals surface area contributed by atoms with E-state index in [9.17, 15) is 15.3 Å². The van der Waals surface area contributed by atoms with Crippen LogP contribution in [0.25, 0.3) is 0 Å². The van der Waals surface area contributed by atoms with Crippen LogP contribution in [0.4, 0.5) is 22.7 Å². The van der Waals surface area contributed by atoms with Crippen LogP contribution in [0.15, 0.2) is 105 Å². The van der Waals surface area contributed by atoms with Crippen molar-refractivity contribution in [3.05, 3.63) is 106 Å². The summed E-state index contributed by atoms with van der Waals surface area (Å²) in [6.07, 6.45) is 10.4. The van der Waals surface area contributed by atoms with E-state index in [1.807, 2.05) is 51.0 Å². The molecule has 1 aromatic carbocycles. The van der Waals surface area contributed by atoms with E-state index in [1.165, 1.54) is 6.07 Å². The quantitative estimate of drug-likeness (QED) is 0.0932. The maximum Gasteiger partial charge on any atom is 0.298 e. The van der Waals surface area contributed by atoms with Crippen molar-refractivity contribution in [2.75, 3.05) is 19.0 Å². The zero-order valence-electron chi connectivity index (χ0n) is 24.3. The lowest BCUT2D eigenvalue weighted by molar-refractivity contribution is -0.670. The van der Waals surface area contributed by atoms with Gasteiger partial charge in [0.25, 0.3) is 5.69 Å². The minimum absolute atomic E-state index is 0.0646. The molecule has 0 unspecified atom stereocenters. The van der Waals surface area contributed by atoms with E-state index in [2.05, 4.69) is 27.4 Å². The fourth-order valence-electron chi connectivity index (χ4n) is 3.71. The number of nitrogens with zero attached hydrogens (tertiary/aromatic N) is 8. The van der Waals surface area contributed by atoms with Crippen LogP contribution in [0.3, 0.4) is 0 Å². The highest BCUT2D eigenvalue weighted by atomic mass is 16.6. The Bertz CT molecular complexity index is 1670. The molecule has 1 aliphatic carbocycles. The maximum absolute atomic E-state index is 11.1. The number of allylic oxidation sites excluding steroid dienone is 3. The number of hydrogen-bond acceptors (Lipinski definition) is 10. The lowest BCUT2D eigenvalue weighted by Crippen LogP contribution is -2.25. The molecule has 0 spiro atoms. The van der Waals surface area contributed by atoms with Gasteiger partial charge in [0.2, 0.25) is 0 Å². The predicted molar refractivity (Wildman–Crippen MR) is 162 cm³/mol. The highest BCUT2D eigenvalue weighted by Crippen LogP contribution is 2.32. The Morgan fingerprint density at radius 3 is 2.57 bits per heavy atom. The molecule has 0 saturated carbocycles. The van der Waals surface area contributed by atoms with Gasteiger partial charge in [0, 0.05) is 38.1 Å². The van der Waals surface area contributed by atoms with E-state index in [1.54, 1.807) is 53.7 Å². The van der Waals surface area contributed by atoms with Crippen molar-refractivity contribution in [3.63, 3.8) is 0 Å². The van der Waals surface area contributed by atoms with Crippen LogP contribution >= 0.6 is 0 Å². The van der Waals surface area contributed by atoms with Crippen LogP contribution in [0.2, 0.25) is 0 Å². The largest absolute Gasteiger partial charge is 0.427 e. The van der Waals surface area contributed by atoms with Crippen molar-refractivity contribution in [1.82, 2.24) is 4.73 Å². The summed E-state index contributed by atoms with van der Waals surface area (Å²) >= 11 is 0. The lowest BCUT2D eigenvalue weighted by atomic mass is 10.0. The number of rotatable bonds is 7. The molecule has 3 aromatic rings. The Morgan fingerprint density at radius 2 is 1.90 bits per heavy atom. The van der Waals surface area contributed by atoms with Gasteiger partial charge in [0.15, 0.2) is 23.6 Å². The van der Waals surface area contributed by atoms with Crippen LogP contribution in [-0.4, -0.2) is 40.4 Å². The second-order valence-electron chi connectivity index (χ2n) is 9.67. The van der Waals surface area contributed by atoms with Crippen molar-refractivity contribution in [2.24, 2.45) is 33.2 Å². The molecule has 0 aliphatic heterocycles. The van der Waals surface area contributed by atoms with Crippen LogP contribution in [0, 0.1) is 15.5 Å². The molecule has 42 heavy (non-hydrogen) atoms. The summed E-state index contributed by atoms with van der Waals surface area (Å²) in [4.78, 5) is 12.5. The number of azo groups is 1. The average molecular weight is 572 g/mol. The first-order valence-corrected chi connectivity index (χ1v) is 13.1. The predicted octanol–water partition coefficient (Wildman–Crippen LogP) is 4.66. The minimum atomic E-state index is -0.452. The highest BCUT2D eigenvalue weighted by Gasteiger charge is 2.15. The fraction of sp³-hybridized carbons (Fsp3) is 0.241. The third kappa shape index (κ3) is 8.52. The third-order valence-electron chi connectivity index (χ3n) is 6.02. The summed E-state index contributed by atoms with van der Waals surface area (Å²) in [6, 6.07) is 12.1. The maximum atomic E-state index is 11.1. The van der Waals surface area contributed by atoms with E-state index in [0.29, 0.717) is 28.3 Å². The van der Waals surface area contributed by atoms with Gasteiger partial charge in [0.05, 0.1) is 16.3 Å². The number of nitrogens with one attached hydrogen (secondary N) is 1. The topological polar surface area (TPSA) is 175 Å². The molecular formula is C29H35N10O3+. The van der Waals surface area contributed by atoms with Gasteiger partial charge in [-0.15, -0.1) is 20.4 Å². The molecule has 2 heterocycles. The SMILES string of the molecule is CCCc1ccn(O)c(=NN=C2C=C(C)C(=N)C=C2N)c1.CN(C)c1ccc(N=Nc2ccc[n+](C)c2)c([N+](=O)[O-])c1. The van der Waals surface area contributed by atoms with Gasteiger partial charge in [-0.1, -0.05) is 13.3 Å². The number of pyridine rings is 2. The second kappa shape index (κ2) is 14.3. The number of benzene rings is 1. The zero-order valence-corrected chi connectivity index (χ0v) is 24.3. The van der Waals surface area contributed by atoms with Crippen molar-refractivity contribution >= 4 is 34.2 Å². The summed E-state index contributed by atoms with van der Waals surface area (Å²) in [7, 11) is 5.52. The second-order valence-corrected chi connectivity index (χ2v) is 9.67. The zero-order chi connectivity index (χ0) is 30.8. The van der Waals surface area contributed by atoms with Gasteiger partial charge in [-0.25, -0.2) is 4.57 Å². The average Bonchev–Trinajstić information content (AvgIpc) is 2.95. The molecule has 0 fully saturated rings. The molecule has 4 rings (SSSR count). The fourth-order valence-corrected chi connectivity index (χ4v) is 3.71. The number of hydrogen-bond donors (Lipinski definition) is 3. The Balaban J connectivity index is 0.000000230. The standard InChI is InChI=1S/C15H19N5O.C14H16N5O2/c1-3-4-11-5-6-20(21)15(8-11)19-18-14-7-10(2)12(16)9-13(14)17;1-17(2)12-6-7-13(14(9-12)19(20)21)16-15-11-5-4-8-18(3)10-11/h5-9,16,21H,3-4,17H2,1-2H3;4-10H,1-3H3/q;+1. The minimum Gasteiger partial charge on any atom is -0.427 e. The number of aromatic nitrogens is 2. The number of nitrogens with two attached hydrogens (primary N) is 1. The van der Waals surface area contributed by atoms with Gasteiger partial charge >= 0.3 is 0 Å². The molecule has 1 aliphatic rings. The number of aryl methyl sites for hydroxylation is 2. The number of nitro groups is 1. The normalized spacial score (nSPS) is 14.4. The molecule has 13 nitrogen and oxygen atoms in total. The monoisotopic (exact) mass is 571 g/mol. The molecule has 0 bridgehead atoms. The van der Waals surface area contributed by atoms with Crippen molar-refractivity contribution in [1.29, 1.82) is 5.41 Å². The molecule has 0 saturated heterocycles. The third-order valence-corrected chi connectivity index (χ3v) is 6.02. The molecule has 0 atom stereocenters. The first-order valence-electron chi connectivity index (χ1n) is 13.1. The summed E-state index contributed by atoms with van der Waals surface area (Å²) < 4.78 is 2.75. The molecule has 0 radical (unpaired) electrons. The highest BCUT2D eigenvalue weighted by molar-refractivity contribution is 6.22. The molecule has 4 N–H and O–H groups in total. The summed E-state index contributed by atoms with van der Waals surface area (Å²) in [5, 5.41) is 44.7. The Kier molecular flexibility index (Phi) is 10.5. The molecule has 0 amide bonds. The summed E-state index contributed by atoms with van der Waals surface area (Å²) in [6.45, 7) is 3.90. The van der Waals surface area contributed by atoms with Crippen molar-refractivity contribution < 1.29 is 14.7 Å². The lowest BCUT2D eigenvalue weighted by Gasteiger charge is -2.11. The van der Waals surface area contributed by atoms with Crippen molar-refractivity contribution in [3.8, 4) is 0 Å². The Labute approximate surface area is 243 Å². The van der Waals surface area contributed by atoms with Gasteiger partial charge in [-0.05, 0) is 67.0 Å².